The van der Waals surface area contributed by atoms with E-state index in [9.17, 15) is 5.11 Å². The van der Waals surface area contributed by atoms with E-state index in [4.69, 9.17) is 9.47 Å². The molecule has 0 rings (SSSR count). The van der Waals surface area contributed by atoms with Gasteiger partial charge in [0.25, 0.3) is 0 Å². The van der Waals surface area contributed by atoms with Crippen LogP contribution in [0.5, 0.6) is 0 Å². The third-order valence-electron chi connectivity index (χ3n) is 7.06. The quantitative estimate of drug-likeness (QED) is 0.176. The first-order valence-corrected chi connectivity index (χ1v) is 12.6. The Hall–Kier alpha value is -0.120. The van der Waals surface area contributed by atoms with Crippen molar-refractivity contribution in [3.05, 3.63) is 0 Å². The van der Waals surface area contributed by atoms with Crippen molar-refractivity contribution in [3.8, 4) is 0 Å². The summed E-state index contributed by atoms with van der Waals surface area (Å²) in [5, 5.41) is 10.5. The van der Waals surface area contributed by atoms with Gasteiger partial charge in [0.05, 0.1) is 6.61 Å². The third kappa shape index (κ3) is 13.0. The lowest BCUT2D eigenvalue weighted by atomic mass is 9.83. The van der Waals surface area contributed by atoms with Gasteiger partial charge < -0.3 is 14.6 Å². The largest absolute Gasteiger partial charge is 0.381 e. The molecule has 3 heteroatoms. The molecule has 0 saturated carbocycles. The Kier molecular flexibility index (Phi) is 16.5. The molecule has 0 aromatic heterocycles. The summed E-state index contributed by atoms with van der Waals surface area (Å²) < 4.78 is 11.9. The molecule has 0 aromatic carbocycles. The molecule has 0 heterocycles. The molecule has 6 atom stereocenters. The fourth-order valence-electron chi connectivity index (χ4n) is 4.19. The molecular formula is C26H54O3. The van der Waals surface area contributed by atoms with Crippen LogP contribution in [0.2, 0.25) is 0 Å². The van der Waals surface area contributed by atoms with Gasteiger partial charge in [-0.3, -0.25) is 0 Å². The topological polar surface area (TPSA) is 38.7 Å². The summed E-state index contributed by atoms with van der Waals surface area (Å²) in [6.07, 6.45) is 9.79. The lowest BCUT2D eigenvalue weighted by Crippen LogP contribution is -2.32. The Bertz CT molecular complexity index is 373. The van der Waals surface area contributed by atoms with E-state index in [1.807, 2.05) is 0 Å². The Morgan fingerprint density at radius 3 is 2.17 bits per heavy atom. The summed E-state index contributed by atoms with van der Waals surface area (Å²) in [6.45, 7) is 20.4. The number of ether oxygens (including phenoxy) is 2. The van der Waals surface area contributed by atoms with Crippen molar-refractivity contribution < 1.29 is 14.6 Å². The maximum atomic E-state index is 10.5. The van der Waals surface area contributed by atoms with Gasteiger partial charge in [0.1, 0.15) is 0 Å². The summed E-state index contributed by atoms with van der Waals surface area (Å²) in [4.78, 5) is 0. The first-order valence-electron chi connectivity index (χ1n) is 12.6. The van der Waals surface area contributed by atoms with Gasteiger partial charge in [-0.1, -0.05) is 87.5 Å². The summed E-state index contributed by atoms with van der Waals surface area (Å²) in [5.41, 5.74) is 0.136. The lowest BCUT2D eigenvalue weighted by Gasteiger charge is -2.32. The first kappa shape index (κ1) is 28.9. The van der Waals surface area contributed by atoms with E-state index in [2.05, 4.69) is 55.4 Å². The molecule has 0 aromatic rings. The molecule has 0 aliphatic rings. The van der Waals surface area contributed by atoms with E-state index in [0.29, 0.717) is 18.4 Å². The molecule has 6 unspecified atom stereocenters. The van der Waals surface area contributed by atoms with Crippen molar-refractivity contribution in [2.45, 2.75) is 119 Å². The number of aliphatic hydroxyl groups excluding tert-OH is 1. The van der Waals surface area contributed by atoms with E-state index in [1.165, 1.54) is 25.7 Å². The average Bonchev–Trinajstić information content (AvgIpc) is 2.71. The number of unbranched alkanes of at least 4 members (excludes halogenated alkanes) is 1. The van der Waals surface area contributed by atoms with Gasteiger partial charge in [0.2, 0.25) is 0 Å². The molecule has 0 spiro atoms. The number of hydrogen-bond donors (Lipinski definition) is 1. The second-order valence-corrected chi connectivity index (χ2v) is 10.1. The Labute approximate surface area is 183 Å². The van der Waals surface area contributed by atoms with Crippen LogP contribution in [-0.4, -0.2) is 31.2 Å². The van der Waals surface area contributed by atoms with Gasteiger partial charge >= 0.3 is 0 Å². The summed E-state index contributed by atoms with van der Waals surface area (Å²) in [5.74, 6) is 2.20. The molecule has 0 saturated heterocycles. The minimum atomic E-state index is -0.646. The SMILES string of the molecule is CCCC(CC)C(C)C(O)OCC(C)(CC)CCCCOCC(C)CC(C)CC. The highest BCUT2D eigenvalue weighted by atomic mass is 16.6. The summed E-state index contributed by atoms with van der Waals surface area (Å²) >= 11 is 0. The van der Waals surface area contributed by atoms with Gasteiger partial charge in [0.15, 0.2) is 6.29 Å². The Morgan fingerprint density at radius 1 is 0.931 bits per heavy atom. The molecule has 0 bridgehead atoms. The Morgan fingerprint density at radius 2 is 1.62 bits per heavy atom. The highest BCUT2D eigenvalue weighted by Crippen LogP contribution is 2.31. The number of aliphatic hydroxyl groups is 1. The van der Waals surface area contributed by atoms with Crippen LogP contribution < -0.4 is 0 Å². The van der Waals surface area contributed by atoms with Gasteiger partial charge in [-0.15, -0.1) is 0 Å². The zero-order chi connectivity index (χ0) is 22.3. The molecular weight excluding hydrogens is 360 g/mol. The van der Waals surface area contributed by atoms with Crippen LogP contribution in [0, 0.1) is 29.1 Å². The van der Waals surface area contributed by atoms with E-state index in [0.717, 1.165) is 51.2 Å². The molecule has 0 fully saturated rings. The van der Waals surface area contributed by atoms with Crippen LogP contribution in [0.25, 0.3) is 0 Å². The van der Waals surface area contributed by atoms with E-state index >= 15 is 0 Å². The smallest absolute Gasteiger partial charge is 0.157 e. The van der Waals surface area contributed by atoms with Gasteiger partial charge in [-0.2, -0.15) is 0 Å². The van der Waals surface area contributed by atoms with Crippen molar-refractivity contribution in [1.29, 1.82) is 0 Å². The normalized spacial score (nSPS) is 19.3. The number of rotatable bonds is 19. The van der Waals surface area contributed by atoms with Crippen LogP contribution in [0.1, 0.15) is 113 Å². The minimum Gasteiger partial charge on any atom is -0.381 e. The molecule has 0 radical (unpaired) electrons. The third-order valence-corrected chi connectivity index (χ3v) is 7.06. The molecule has 3 nitrogen and oxygen atoms in total. The highest BCUT2D eigenvalue weighted by Gasteiger charge is 2.27. The van der Waals surface area contributed by atoms with Gasteiger partial charge in [-0.25, -0.2) is 0 Å². The molecule has 176 valence electrons. The Balaban J connectivity index is 4.13. The predicted molar refractivity (Wildman–Crippen MR) is 126 cm³/mol. The molecule has 0 aliphatic heterocycles. The van der Waals surface area contributed by atoms with Crippen molar-refractivity contribution >= 4 is 0 Å². The van der Waals surface area contributed by atoms with Gasteiger partial charge in [-0.05, 0) is 48.9 Å². The fraction of sp³-hybridized carbons (Fsp3) is 1.00. The second kappa shape index (κ2) is 16.6. The van der Waals surface area contributed by atoms with Crippen molar-refractivity contribution in [2.75, 3.05) is 19.8 Å². The van der Waals surface area contributed by atoms with Crippen LogP contribution in [0.4, 0.5) is 0 Å². The van der Waals surface area contributed by atoms with Gasteiger partial charge in [0, 0.05) is 19.1 Å². The van der Waals surface area contributed by atoms with Crippen molar-refractivity contribution in [3.63, 3.8) is 0 Å². The van der Waals surface area contributed by atoms with E-state index < -0.39 is 6.29 Å². The summed E-state index contributed by atoms with van der Waals surface area (Å²) in [7, 11) is 0. The van der Waals surface area contributed by atoms with Crippen LogP contribution in [0.3, 0.4) is 0 Å². The molecule has 0 aliphatic carbocycles. The zero-order valence-electron chi connectivity index (χ0n) is 21.1. The monoisotopic (exact) mass is 414 g/mol. The second-order valence-electron chi connectivity index (χ2n) is 10.1. The zero-order valence-corrected chi connectivity index (χ0v) is 21.1. The first-order chi connectivity index (χ1) is 13.7. The van der Waals surface area contributed by atoms with Crippen molar-refractivity contribution in [2.24, 2.45) is 29.1 Å². The maximum absolute atomic E-state index is 10.5. The molecule has 0 amide bonds. The van der Waals surface area contributed by atoms with Crippen LogP contribution in [0.15, 0.2) is 0 Å². The molecule has 29 heavy (non-hydrogen) atoms. The van der Waals surface area contributed by atoms with Crippen LogP contribution in [-0.2, 0) is 9.47 Å². The average molecular weight is 415 g/mol. The fourth-order valence-corrected chi connectivity index (χ4v) is 4.19. The number of hydrogen-bond acceptors (Lipinski definition) is 3. The standard InChI is InChI=1S/C26H54O3/c1-9-15-24(11-3)23(7)25(27)29-20-26(8,12-4)16-13-14-17-28-19-22(6)18-21(5)10-2/h21-25,27H,9-20H2,1-8H3. The van der Waals surface area contributed by atoms with E-state index in [1.54, 1.807) is 0 Å². The summed E-state index contributed by atoms with van der Waals surface area (Å²) in [6, 6.07) is 0. The van der Waals surface area contributed by atoms with E-state index in [-0.39, 0.29) is 11.3 Å². The maximum Gasteiger partial charge on any atom is 0.157 e. The lowest BCUT2D eigenvalue weighted by molar-refractivity contribution is -0.162. The van der Waals surface area contributed by atoms with Crippen molar-refractivity contribution in [1.82, 2.24) is 0 Å². The molecule has 1 N–H and O–H groups in total. The predicted octanol–water partition coefficient (Wildman–Crippen LogP) is 7.46. The minimum absolute atomic E-state index is 0.136. The van der Waals surface area contributed by atoms with Crippen LogP contribution >= 0.6 is 0 Å². The highest BCUT2D eigenvalue weighted by molar-refractivity contribution is 4.74.